The maximum Gasteiger partial charge on any atom is 0.151 e. The zero-order valence-electron chi connectivity index (χ0n) is 12.6. The molecule has 0 bridgehead atoms. The van der Waals surface area contributed by atoms with Crippen LogP contribution in [0.5, 0.6) is 0 Å². The van der Waals surface area contributed by atoms with E-state index in [0.717, 1.165) is 41.2 Å². The third kappa shape index (κ3) is 3.35. The fourth-order valence-electron chi connectivity index (χ4n) is 2.41. The van der Waals surface area contributed by atoms with E-state index in [-0.39, 0.29) is 0 Å². The van der Waals surface area contributed by atoms with Crippen molar-refractivity contribution in [2.75, 3.05) is 0 Å². The van der Waals surface area contributed by atoms with E-state index in [1.807, 2.05) is 4.68 Å². The summed E-state index contributed by atoms with van der Waals surface area (Å²) in [5.41, 5.74) is 2.40. The third-order valence-electron chi connectivity index (χ3n) is 3.78. The summed E-state index contributed by atoms with van der Waals surface area (Å²) < 4.78 is 3.11. The van der Waals surface area contributed by atoms with Crippen LogP contribution < -0.4 is 5.32 Å². The smallest absolute Gasteiger partial charge is 0.151 e. The Labute approximate surface area is 134 Å². The summed E-state index contributed by atoms with van der Waals surface area (Å²) in [6.07, 6.45) is 4.35. The molecule has 0 radical (unpaired) electrons. The minimum atomic E-state index is 0.699. The van der Waals surface area contributed by atoms with Gasteiger partial charge in [0.25, 0.3) is 0 Å². The lowest BCUT2D eigenvalue weighted by atomic mass is 10.1. The topological polar surface area (TPSA) is 42.7 Å². The highest BCUT2D eigenvalue weighted by Gasteiger charge is 2.21. The Morgan fingerprint density at radius 1 is 1.29 bits per heavy atom. The van der Waals surface area contributed by atoms with E-state index >= 15 is 0 Å². The first-order valence-corrected chi connectivity index (χ1v) is 8.47. The van der Waals surface area contributed by atoms with Gasteiger partial charge in [0.15, 0.2) is 5.82 Å². The van der Waals surface area contributed by atoms with Crippen molar-refractivity contribution in [3.05, 3.63) is 39.9 Å². The number of nitrogens with one attached hydrogen (secondary N) is 1. The van der Waals surface area contributed by atoms with E-state index in [4.69, 9.17) is 0 Å². The SMILES string of the molecule is CCc1nc(CC)n(-c2ccc(Br)cc2CNC2CC2)n1. The van der Waals surface area contributed by atoms with E-state index in [9.17, 15) is 0 Å². The molecule has 1 aliphatic rings. The molecule has 0 atom stereocenters. The number of nitrogens with zero attached hydrogens (tertiary/aromatic N) is 3. The zero-order valence-corrected chi connectivity index (χ0v) is 14.2. The van der Waals surface area contributed by atoms with Gasteiger partial charge in [-0.1, -0.05) is 29.8 Å². The van der Waals surface area contributed by atoms with Crippen molar-refractivity contribution in [2.45, 2.75) is 52.1 Å². The molecule has 0 unspecified atom stereocenters. The lowest BCUT2D eigenvalue weighted by molar-refractivity contribution is 0.677. The average molecular weight is 349 g/mol. The number of benzene rings is 1. The molecule has 1 fully saturated rings. The first-order chi connectivity index (χ1) is 10.2. The zero-order chi connectivity index (χ0) is 14.8. The molecule has 1 aromatic carbocycles. The van der Waals surface area contributed by atoms with Gasteiger partial charge in [0.2, 0.25) is 0 Å². The average Bonchev–Trinajstić information content (AvgIpc) is 3.23. The van der Waals surface area contributed by atoms with E-state index in [0.29, 0.717) is 6.04 Å². The molecule has 0 amide bonds. The van der Waals surface area contributed by atoms with Gasteiger partial charge in [0, 0.05) is 29.9 Å². The van der Waals surface area contributed by atoms with Crippen molar-refractivity contribution in [3.8, 4) is 5.69 Å². The first kappa shape index (κ1) is 14.7. The van der Waals surface area contributed by atoms with Crippen LogP contribution in [0.2, 0.25) is 0 Å². The highest BCUT2D eigenvalue weighted by Crippen LogP contribution is 2.24. The summed E-state index contributed by atoms with van der Waals surface area (Å²) in [6, 6.07) is 7.07. The summed E-state index contributed by atoms with van der Waals surface area (Å²) in [5.74, 6) is 1.94. The van der Waals surface area contributed by atoms with Gasteiger partial charge >= 0.3 is 0 Å². The van der Waals surface area contributed by atoms with Gasteiger partial charge in [-0.25, -0.2) is 9.67 Å². The van der Waals surface area contributed by atoms with Gasteiger partial charge in [-0.3, -0.25) is 0 Å². The lowest BCUT2D eigenvalue weighted by Crippen LogP contribution is -2.17. The first-order valence-electron chi connectivity index (χ1n) is 7.68. The quantitative estimate of drug-likeness (QED) is 0.869. The van der Waals surface area contributed by atoms with Gasteiger partial charge in [0.05, 0.1) is 5.69 Å². The fourth-order valence-corrected chi connectivity index (χ4v) is 2.82. The van der Waals surface area contributed by atoms with Gasteiger partial charge < -0.3 is 5.32 Å². The maximum absolute atomic E-state index is 4.67. The summed E-state index contributed by atoms with van der Waals surface area (Å²) >= 11 is 3.57. The van der Waals surface area contributed by atoms with Crippen LogP contribution in [0.15, 0.2) is 22.7 Å². The normalized spacial score (nSPS) is 14.6. The largest absolute Gasteiger partial charge is 0.310 e. The molecule has 3 rings (SSSR count). The van der Waals surface area contributed by atoms with Crippen LogP contribution in [0.3, 0.4) is 0 Å². The third-order valence-corrected chi connectivity index (χ3v) is 4.27. The Morgan fingerprint density at radius 3 is 2.76 bits per heavy atom. The van der Waals surface area contributed by atoms with Crippen molar-refractivity contribution in [1.82, 2.24) is 20.1 Å². The summed E-state index contributed by atoms with van der Waals surface area (Å²) in [6.45, 7) is 5.10. The maximum atomic E-state index is 4.67. The predicted octanol–water partition coefficient (Wildman–Crippen LogP) is 3.41. The number of hydrogen-bond acceptors (Lipinski definition) is 3. The Morgan fingerprint density at radius 2 is 2.10 bits per heavy atom. The minimum absolute atomic E-state index is 0.699. The van der Waals surface area contributed by atoms with Crippen molar-refractivity contribution >= 4 is 15.9 Å². The van der Waals surface area contributed by atoms with Crippen LogP contribution in [0, 0.1) is 0 Å². The Hall–Kier alpha value is -1.20. The van der Waals surface area contributed by atoms with E-state index in [1.54, 1.807) is 0 Å². The van der Waals surface area contributed by atoms with E-state index < -0.39 is 0 Å². The molecule has 1 saturated carbocycles. The molecule has 1 aliphatic carbocycles. The molecule has 0 aliphatic heterocycles. The molecule has 5 heteroatoms. The molecule has 4 nitrogen and oxygen atoms in total. The number of aromatic nitrogens is 3. The van der Waals surface area contributed by atoms with Gasteiger partial charge in [-0.2, -0.15) is 5.10 Å². The second-order valence-electron chi connectivity index (χ2n) is 5.49. The van der Waals surface area contributed by atoms with Crippen molar-refractivity contribution < 1.29 is 0 Å². The summed E-state index contributed by atoms with van der Waals surface area (Å²) in [5, 5.41) is 8.25. The van der Waals surface area contributed by atoms with Gasteiger partial charge in [-0.05, 0) is 36.6 Å². The molecule has 2 aromatic rings. The molecular weight excluding hydrogens is 328 g/mol. The van der Waals surface area contributed by atoms with Crippen LogP contribution >= 0.6 is 15.9 Å². The van der Waals surface area contributed by atoms with E-state index in [1.165, 1.54) is 18.4 Å². The molecule has 1 heterocycles. The van der Waals surface area contributed by atoms with Crippen LogP contribution in [0.4, 0.5) is 0 Å². The molecule has 1 N–H and O–H groups in total. The number of aryl methyl sites for hydroxylation is 2. The highest BCUT2D eigenvalue weighted by molar-refractivity contribution is 9.10. The van der Waals surface area contributed by atoms with Crippen LogP contribution in [0.25, 0.3) is 5.69 Å². The highest BCUT2D eigenvalue weighted by atomic mass is 79.9. The Bertz CT molecular complexity index is 631. The van der Waals surface area contributed by atoms with Gasteiger partial charge in [0.1, 0.15) is 5.82 Å². The predicted molar refractivity (Wildman–Crippen MR) is 87.7 cm³/mol. The molecule has 112 valence electrons. The second-order valence-corrected chi connectivity index (χ2v) is 6.41. The van der Waals surface area contributed by atoms with Crippen LogP contribution in [-0.4, -0.2) is 20.8 Å². The van der Waals surface area contributed by atoms with Crippen molar-refractivity contribution in [2.24, 2.45) is 0 Å². The Balaban J connectivity index is 1.97. The number of rotatable bonds is 6. The molecule has 0 saturated heterocycles. The number of halogens is 1. The van der Waals surface area contributed by atoms with Crippen LogP contribution in [-0.2, 0) is 19.4 Å². The van der Waals surface area contributed by atoms with Crippen LogP contribution in [0.1, 0.15) is 43.9 Å². The lowest BCUT2D eigenvalue weighted by Gasteiger charge is -2.12. The molecule has 1 aromatic heterocycles. The molecule has 21 heavy (non-hydrogen) atoms. The minimum Gasteiger partial charge on any atom is -0.310 e. The van der Waals surface area contributed by atoms with Gasteiger partial charge in [-0.15, -0.1) is 0 Å². The summed E-state index contributed by atoms with van der Waals surface area (Å²) in [4.78, 5) is 4.61. The Kier molecular flexibility index (Phi) is 4.40. The second kappa shape index (κ2) is 6.28. The summed E-state index contributed by atoms with van der Waals surface area (Å²) in [7, 11) is 0. The van der Waals surface area contributed by atoms with E-state index in [2.05, 4.69) is 63.4 Å². The molecule has 0 spiro atoms. The van der Waals surface area contributed by atoms with Crippen molar-refractivity contribution in [3.63, 3.8) is 0 Å². The monoisotopic (exact) mass is 348 g/mol. The molecular formula is C16H21BrN4. The van der Waals surface area contributed by atoms with Crippen molar-refractivity contribution in [1.29, 1.82) is 0 Å². The number of hydrogen-bond donors (Lipinski definition) is 1. The standard InChI is InChI=1S/C16H21BrN4/c1-3-15-19-16(4-2)21(20-15)14-8-5-12(17)9-11(14)10-18-13-6-7-13/h5,8-9,13,18H,3-4,6-7,10H2,1-2H3. The fraction of sp³-hybridized carbons (Fsp3) is 0.500.